The lowest BCUT2D eigenvalue weighted by Gasteiger charge is -2.20. The zero-order chi connectivity index (χ0) is 8.27. The molecule has 1 aliphatic heterocycles. The molecule has 1 aliphatic rings. The number of aliphatic hydroxyl groups excluding tert-OH is 1. The van der Waals surface area contributed by atoms with Crippen LogP contribution < -0.4 is 0 Å². The molecule has 0 aromatic heterocycles. The van der Waals surface area contributed by atoms with Crippen molar-refractivity contribution in [1.29, 1.82) is 0 Å². The quantitative estimate of drug-likeness (QED) is 0.657. The van der Waals surface area contributed by atoms with Gasteiger partial charge >= 0.3 is 0 Å². The summed E-state index contributed by atoms with van der Waals surface area (Å²) in [5.74, 6) is 0.379. The Hall–Kier alpha value is -0.150. The van der Waals surface area contributed by atoms with Crippen LogP contribution in [0.2, 0.25) is 0 Å². The van der Waals surface area contributed by atoms with Gasteiger partial charge in [-0.15, -0.1) is 0 Å². The van der Waals surface area contributed by atoms with Gasteiger partial charge in [0.15, 0.2) is 0 Å². The highest BCUT2D eigenvalue weighted by molar-refractivity contribution is 4.78. The van der Waals surface area contributed by atoms with Gasteiger partial charge in [0.1, 0.15) is 6.67 Å². The van der Waals surface area contributed by atoms with Crippen molar-refractivity contribution in [1.82, 2.24) is 4.90 Å². The lowest BCUT2D eigenvalue weighted by Crippen LogP contribution is -2.32. The monoisotopic (exact) mass is 161 g/mol. The summed E-state index contributed by atoms with van der Waals surface area (Å²) in [6.07, 6.45) is 1.01. The van der Waals surface area contributed by atoms with Crippen LogP contribution in [0.5, 0.6) is 0 Å². The second-order valence-corrected chi connectivity index (χ2v) is 3.34. The van der Waals surface area contributed by atoms with Crippen molar-refractivity contribution in [2.24, 2.45) is 5.92 Å². The molecule has 0 radical (unpaired) electrons. The van der Waals surface area contributed by atoms with Crippen molar-refractivity contribution >= 4 is 0 Å². The van der Waals surface area contributed by atoms with Crippen LogP contribution in [0.4, 0.5) is 4.39 Å². The summed E-state index contributed by atoms with van der Waals surface area (Å²) in [6, 6.07) is 0.0338. The van der Waals surface area contributed by atoms with Crippen molar-refractivity contribution in [3.63, 3.8) is 0 Å². The van der Waals surface area contributed by atoms with Gasteiger partial charge in [-0.1, -0.05) is 0 Å². The minimum absolute atomic E-state index is 0.0338. The van der Waals surface area contributed by atoms with Gasteiger partial charge in [-0.3, -0.25) is 4.90 Å². The molecule has 66 valence electrons. The van der Waals surface area contributed by atoms with Gasteiger partial charge < -0.3 is 5.11 Å². The summed E-state index contributed by atoms with van der Waals surface area (Å²) >= 11 is 0. The van der Waals surface area contributed by atoms with E-state index in [1.54, 1.807) is 0 Å². The molecule has 1 fully saturated rings. The average molecular weight is 161 g/mol. The molecule has 0 spiro atoms. The van der Waals surface area contributed by atoms with Gasteiger partial charge in [0.05, 0.1) is 0 Å². The predicted octanol–water partition coefficient (Wildman–Crippen LogP) is 0.659. The van der Waals surface area contributed by atoms with Crippen LogP contribution in [-0.4, -0.2) is 42.4 Å². The third-order valence-corrected chi connectivity index (χ3v) is 2.42. The number of halogens is 1. The largest absolute Gasteiger partial charge is 0.396 e. The van der Waals surface area contributed by atoms with Crippen LogP contribution >= 0.6 is 0 Å². The number of hydrogen-bond donors (Lipinski definition) is 1. The van der Waals surface area contributed by atoms with Gasteiger partial charge in [-0.2, -0.15) is 0 Å². The molecule has 2 nitrogen and oxygen atoms in total. The molecule has 0 aromatic rings. The molecular formula is C8H16FNO. The molecule has 0 saturated carbocycles. The fraction of sp³-hybridized carbons (Fsp3) is 1.00. The van der Waals surface area contributed by atoms with E-state index in [-0.39, 0.29) is 19.3 Å². The van der Waals surface area contributed by atoms with Crippen molar-refractivity contribution in [3.05, 3.63) is 0 Å². The Balaban J connectivity index is 2.29. The highest BCUT2D eigenvalue weighted by atomic mass is 19.1. The number of likely N-dealkylation sites (tertiary alicyclic amines) is 1. The van der Waals surface area contributed by atoms with Crippen LogP contribution in [0.1, 0.15) is 13.3 Å². The molecule has 0 aromatic carbocycles. The lowest BCUT2D eigenvalue weighted by molar-refractivity contribution is 0.186. The second kappa shape index (κ2) is 4.02. The van der Waals surface area contributed by atoms with Crippen molar-refractivity contribution in [2.45, 2.75) is 19.4 Å². The maximum atomic E-state index is 12.2. The van der Waals surface area contributed by atoms with Crippen molar-refractivity contribution in [3.8, 4) is 0 Å². The smallest absolute Gasteiger partial charge is 0.105 e. The Bertz CT molecular complexity index is 121. The minimum atomic E-state index is -0.280. The van der Waals surface area contributed by atoms with Crippen LogP contribution in [0.25, 0.3) is 0 Å². The van der Waals surface area contributed by atoms with Crippen molar-refractivity contribution in [2.75, 3.05) is 26.4 Å². The molecular weight excluding hydrogens is 145 g/mol. The zero-order valence-electron chi connectivity index (χ0n) is 6.96. The minimum Gasteiger partial charge on any atom is -0.396 e. The van der Waals surface area contributed by atoms with E-state index < -0.39 is 0 Å². The summed E-state index contributed by atoms with van der Waals surface area (Å²) in [5, 5.41) is 8.82. The standard InChI is InChI=1S/C8H16FNO/c1-7(4-9)10-3-2-8(5-10)6-11/h7-8,11H,2-6H2,1H3. The number of nitrogens with zero attached hydrogens (tertiary/aromatic N) is 1. The Morgan fingerprint density at radius 2 is 2.45 bits per heavy atom. The SMILES string of the molecule is CC(CF)N1CCC(CO)C1. The van der Waals surface area contributed by atoms with E-state index in [1.807, 2.05) is 6.92 Å². The Morgan fingerprint density at radius 3 is 2.91 bits per heavy atom. The highest BCUT2D eigenvalue weighted by Crippen LogP contribution is 2.17. The molecule has 1 rings (SSSR count). The molecule has 1 saturated heterocycles. The van der Waals surface area contributed by atoms with Crippen LogP contribution in [-0.2, 0) is 0 Å². The predicted molar refractivity (Wildman–Crippen MR) is 42.2 cm³/mol. The van der Waals surface area contributed by atoms with E-state index >= 15 is 0 Å². The first-order valence-corrected chi connectivity index (χ1v) is 4.18. The molecule has 0 aliphatic carbocycles. The molecule has 2 unspecified atom stereocenters. The van der Waals surface area contributed by atoms with Gasteiger partial charge in [0, 0.05) is 19.2 Å². The van der Waals surface area contributed by atoms with Gasteiger partial charge in [-0.25, -0.2) is 4.39 Å². The van der Waals surface area contributed by atoms with Gasteiger partial charge in [0.2, 0.25) is 0 Å². The number of rotatable bonds is 3. The molecule has 1 heterocycles. The lowest BCUT2D eigenvalue weighted by atomic mass is 10.1. The first-order chi connectivity index (χ1) is 5.27. The summed E-state index contributed by atoms with van der Waals surface area (Å²) in [5.41, 5.74) is 0. The topological polar surface area (TPSA) is 23.5 Å². The van der Waals surface area contributed by atoms with E-state index in [2.05, 4.69) is 4.90 Å². The van der Waals surface area contributed by atoms with E-state index in [4.69, 9.17) is 5.11 Å². The average Bonchev–Trinajstić information content (AvgIpc) is 2.50. The van der Waals surface area contributed by atoms with Gasteiger partial charge in [0.25, 0.3) is 0 Å². The molecule has 0 amide bonds. The van der Waals surface area contributed by atoms with E-state index in [0.717, 1.165) is 19.5 Å². The number of alkyl halides is 1. The van der Waals surface area contributed by atoms with Gasteiger partial charge in [-0.05, 0) is 25.8 Å². The van der Waals surface area contributed by atoms with Crippen LogP contribution in [0.3, 0.4) is 0 Å². The fourth-order valence-electron chi connectivity index (χ4n) is 1.51. The Kier molecular flexibility index (Phi) is 3.27. The van der Waals surface area contributed by atoms with Crippen LogP contribution in [0, 0.1) is 5.92 Å². The Morgan fingerprint density at radius 1 is 1.73 bits per heavy atom. The van der Waals surface area contributed by atoms with Crippen molar-refractivity contribution < 1.29 is 9.50 Å². The van der Waals surface area contributed by atoms with Crippen LogP contribution in [0.15, 0.2) is 0 Å². The van der Waals surface area contributed by atoms with E-state index in [9.17, 15) is 4.39 Å². The summed E-state index contributed by atoms with van der Waals surface area (Å²) in [6.45, 7) is 3.66. The molecule has 0 bridgehead atoms. The van der Waals surface area contributed by atoms with E-state index in [1.165, 1.54) is 0 Å². The van der Waals surface area contributed by atoms with E-state index in [0.29, 0.717) is 5.92 Å². The molecule has 11 heavy (non-hydrogen) atoms. The normalized spacial score (nSPS) is 29.2. The first kappa shape index (κ1) is 8.94. The first-order valence-electron chi connectivity index (χ1n) is 4.18. The summed E-state index contributed by atoms with van der Waals surface area (Å²) < 4.78 is 12.2. The zero-order valence-corrected chi connectivity index (χ0v) is 6.96. The second-order valence-electron chi connectivity index (χ2n) is 3.34. The number of hydrogen-bond acceptors (Lipinski definition) is 2. The summed E-state index contributed by atoms with van der Waals surface area (Å²) in [4.78, 5) is 2.10. The fourth-order valence-corrected chi connectivity index (χ4v) is 1.51. The Labute approximate surface area is 67.0 Å². The third-order valence-electron chi connectivity index (χ3n) is 2.42. The maximum Gasteiger partial charge on any atom is 0.105 e. The molecule has 2 atom stereocenters. The highest BCUT2D eigenvalue weighted by Gasteiger charge is 2.24. The summed E-state index contributed by atoms with van der Waals surface area (Å²) in [7, 11) is 0. The molecule has 3 heteroatoms. The molecule has 1 N–H and O–H groups in total. The number of aliphatic hydroxyl groups is 1. The maximum absolute atomic E-state index is 12.2. The third kappa shape index (κ3) is 2.14.